The number of rotatable bonds is 6. The van der Waals surface area contributed by atoms with Crippen molar-refractivity contribution in [3.8, 4) is 0 Å². The average Bonchev–Trinajstić information content (AvgIpc) is 2.88. The van der Waals surface area contributed by atoms with Gasteiger partial charge < -0.3 is 15.2 Å². The SMILES string of the molecule is O=C1CCC(NCC(O)COC2CCCC2)C(=O)N1. The molecule has 1 aliphatic heterocycles. The fraction of sp³-hybridized carbons (Fsp3) is 0.846. The third-order valence-electron chi connectivity index (χ3n) is 3.67. The van der Waals surface area contributed by atoms with Crippen molar-refractivity contribution in [1.82, 2.24) is 10.6 Å². The summed E-state index contributed by atoms with van der Waals surface area (Å²) in [5, 5.41) is 15.0. The van der Waals surface area contributed by atoms with Crippen LogP contribution < -0.4 is 10.6 Å². The number of amides is 2. The lowest BCUT2D eigenvalue weighted by Crippen LogP contribution is -2.52. The van der Waals surface area contributed by atoms with Gasteiger partial charge in [0.2, 0.25) is 11.8 Å². The smallest absolute Gasteiger partial charge is 0.243 e. The van der Waals surface area contributed by atoms with Crippen LogP contribution in [0, 0.1) is 0 Å². The van der Waals surface area contributed by atoms with E-state index in [1.807, 2.05) is 0 Å². The van der Waals surface area contributed by atoms with Gasteiger partial charge in [-0.25, -0.2) is 0 Å². The van der Waals surface area contributed by atoms with Crippen molar-refractivity contribution in [2.45, 2.75) is 56.8 Å². The molecule has 2 fully saturated rings. The molecule has 2 rings (SSSR count). The molecule has 1 saturated heterocycles. The Bertz CT molecular complexity index is 329. The number of aliphatic hydroxyl groups is 1. The van der Waals surface area contributed by atoms with E-state index in [9.17, 15) is 14.7 Å². The van der Waals surface area contributed by atoms with Crippen LogP contribution in [0.4, 0.5) is 0 Å². The summed E-state index contributed by atoms with van der Waals surface area (Å²) in [5.74, 6) is -0.534. The molecule has 1 heterocycles. The molecule has 0 aromatic heterocycles. The number of aliphatic hydroxyl groups excluding tert-OH is 1. The number of carbonyl (C=O) groups excluding carboxylic acids is 2. The minimum Gasteiger partial charge on any atom is -0.389 e. The van der Waals surface area contributed by atoms with Crippen molar-refractivity contribution < 1.29 is 19.4 Å². The van der Waals surface area contributed by atoms with E-state index in [2.05, 4.69) is 10.6 Å². The van der Waals surface area contributed by atoms with E-state index in [0.717, 1.165) is 12.8 Å². The minimum absolute atomic E-state index is 0.229. The van der Waals surface area contributed by atoms with Gasteiger partial charge in [-0.05, 0) is 19.3 Å². The van der Waals surface area contributed by atoms with Gasteiger partial charge in [0, 0.05) is 13.0 Å². The van der Waals surface area contributed by atoms with Crippen molar-refractivity contribution in [1.29, 1.82) is 0 Å². The molecule has 0 spiro atoms. The minimum atomic E-state index is -0.619. The Morgan fingerprint density at radius 2 is 2.05 bits per heavy atom. The molecule has 0 aromatic carbocycles. The summed E-state index contributed by atoms with van der Waals surface area (Å²) in [6.07, 6.45) is 5.06. The van der Waals surface area contributed by atoms with Crippen LogP contribution >= 0.6 is 0 Å². The monoisotopic (exact) mass is 270 g/mol. The molecular formula is C13H22N2O4. The Morgan fingerprint density at radius 1 is 1.32 bits per heavy atom. The number of hydrogen-bond donors (Lipinski definition) is 3. The van der Waals surface area contributed by atoms with E-state index < -0.39 is 6.10 Å². The van der Waals surface area contributed by atoms with Gasteiger partial charge in [-0.2, -0.15) is 0 Å². The third-order valence-corrected chi connectivity index (χ3v) is 3.67. The van der Waals surface area contributed by atoms with Crippen molar-refractivity contribution in [2.24, 2.45) is 0 Å². The van der Waals surface area contributed by atoms with Crippen molar-refractivity contribution in [3.63, 3.8) is 0 Å². The molecule has 2 unspecified atom stereocenters. The van der Waals surface area contributed by atoms with Gasteiger partial charge in [-0.15, -0.1) is 0 Å². The van der Waals surface area contributed by atoms with Crippen LogP contribution in [0.25, 0.3) is 0 Å². The normalized spacial score (nSPS) is 26.5. The van der Waals surface area contributed by atoms with Gasteiger partial charge in [-0.1, -0.05) is 12.8 Å². The van der Waals surface area contributed by atoms with Gasteiger partial charge in [0.15, 0.2) is 0 Å². The number of carbonyl (C=O) groups is 2. The van der Waals surface area contributed by atoms with Crippen LogP contribution in [0.2, 0.25) is 0 Å². The molecule has 0 radical (unpaired) electrons. The predicted molar refractivity (Wildman–Crippen MR) is 68.4 cm³/mol. The molecule has 1 aliphatic carbocycles. The molecule has 108 valence electrons. The number of hydrogen-bond acceptors (Lipinski definition) is 5. The molecular weight excluding hydrogens is 248 g/mol. The number of ether oxygens (including phenoxy) is 1. The lowest BCUT2D eigenvalue weighted by atomic mass is 10.1. The second-order valence-corrected chi connectivity index (χ2v) is 5.31. The van der Waals surface area contributed by atoms with E-state index in [1.54, 1.807) is 0 Å². The Morgan fingerprint density at radius 3 is 2.74 bits per heavy atom. The van der Waals surface area contributed by atoms with E-state index in [0.29, 0.717) is 26.0 Å². The van der Waals surface area contributed by atoms with Crippen molar-refractivity contribution >= 4 is 11.8 Å². The highest BCUT2D eigenvalue weighted by Crippen LogP contribution is 2.20. The quantitative estimate of drug-likeness (QED) is 0.577. The maximum Gasteiger partial charge on any atom is 0.243 e. The van der Waals surface area contributed by atoms with Crippen molar-refractivity contribution in [3.05, 3.63) is 0 Å². The first-order valence-electron chi connectivity index (χ1n) is 7.02. The fourth-order valence-corrected chi connectivity index (χ4v) is 2.53. The molecule has 2 atom stereocenters. The molecule has 3 N–H and O–H groups in total. The largest absolute Gasteiger partial charge is 0.389 e. The van der Waals surface area contributed by atoms with Gasteiger partial charge in [0.1, 0.15) is 0 Å². The lowest BCUT2D eigenvalue weighted by Gasteiger charge is -2.23. The summed E-state index contributed by atoms with van der Waals surface area (Å²) in [6, 6.07) is -0.390. The zero-order chi connectivity index (χ0) is 13.7. The van der Waals surface area contributed by atoms with Crippen LogP contribution in [0.5, 0.6) is 0 Å². The molecule has 0 aromatic rings. The Balaban J connectivity index is 1.61. The Hall–Kier alpha value is -0.980. The van der Waals surface area contributed by atoms with E-state index >= 15 is 0 Å². The summed E-state index contributed by atoms with van der Waals surface area (Å²) in [5.41, 5.74) is 0. The van der Waals surface area contributed by atoms with Gasteiger partial charge in [0.05, 0.1) is 24.9 Å². The lowest BCUT2D eigenvalue weighted by molar-refractivity contribution is -0.134. The summed E-state index contributed by atoms with van der Waals surface area (Å²) >= 11 is 0. The molecule has 6 nitrogen and oxygen atoms in total. The maximum atomic E-state index is 11.5. The molecule has 19 heavy (non-hydrogen) atoms. The second-order valence-electron chi connectivity index (χ2n) is 5.31. The summed E-state index contributed by atoms with van der Waals surface area (Å²) < 4.78 is 5.60. The first-order chi connectivity index (χ1) is 9.15. The molecule has 2 aliphatic rings. The van der Waals surface area contributed by atoms with Gasteiger partial charge in [-0.3, -0.25) is 14.9 Å². The topological polar surface area (TPSA) is 87.7 Å². The predicted octanol–water partition coefficient (Wildman–Crippen LogP) is -0.299. The average molecular weight is 270 g/mol. The van der Waals surface area contributed by atoms with E-state index in [-0.39, 0.29) is 24.0 Å². The molecule has 0 bridgehead atoms. The van der Waals surface area contributed by atoms with Crippen LogP contribution in [0.1, 0.15) is 38.5 Å². The Labute approximate surface area is 112 Å². The molecule has 1 saturated carbocycles. The maximum absolute atomic E-state index is 11.5. The number of piperidine rings is 1. The molecule has 6 heteroatoms. The fourth-order valence-electron chi connectivity index (χ4n) is 2.53. The summed E-state index contributed by atoms with van der Waals surface area (Å²) in [4.78, 5) is 22.5. The number of nitrogens with one attached hydrogen (secondary N) is 2. The highest BCUT2D eigenvalue weighted by molar-refractivity contribution is 6.00. The molecule has 2 amide bonds. The highest BCUT2D eigenvalue weighted by atomic mass is 16.5. The second kappa shape index (κ2) is 6.98. The van der Waals surface area contributed by atoms with E-state index in [4.69, 9.17) is 4.74 Å². The van der Waals surface area contributed by atoms with Crippen LogP contribution in [0.15, 0.2) is 0 Å². The highest BCUT2D eigenvalue weighted by Gasteiger charge is 2.26. The summed E-state index contributed by atoms with van der Waals surface area (Å²) in [6.45, 7) is 0.601. The zero-order valence-corrected chi connectivity index (χ0v) is 11.1. The summed E-state index contributed by atoms with van der Waals surface area (Å²) in [7, 11) is 0. The van der Waals surface area contributed by atoms with Crippen LogP contribution in [-0.4, -0.2) is 48.3 Å². The number of imide groups is 1. The van der Waals surface area contributed by atoms with Gasteiger partial charge in [0.25, 0.3) is 0 Å². The Kier molecular flexibility index (Phi) is 5.30. The van der Waals surface area contributed by atoms with Crippen LogP contribution in [-0.2, 0) is 14.3 Å². The van der Waals surface area contributed by atoms with E-state index in [1.165, 1.54) is 12.8 Å². The first-order valence-corrected chi connectivity index (χ1v) is 7.02. The first kappa shape index (κ1) is 14.4. The van der Waals surface area contributed by atoms with Crippen LogP contribution in [0.3, 0.4) is 0 Å². The van der Waals surface area contributed by atoms with Gasteiger partial charge >= 0.3 is 0 Å². The standard InChI is InChI=1S/C13H22N2O4/c16-9(8-19-10-3-1-2-4-10)7-14-11-5-6-12(17)15-13(11)18/h9-11,14,16H,1-8H2,(H,15,17,18). The zero-order valence-electron chi connectivity index (χ0n) is 11.1. The third kappa shape index (κ3) is 4.56. The van der Waals surface area contributed by atoms with Crippen molar-refractivity contribution in [2.75, 3.05) is 13.2 Å².